The number of rotatable bonds is 9. The zero-order valence-corrected chi connectivity index (χ0v) is 18.0. The number of hydrogen-bond acceptors (Lipinski definition) is 4. The highest BCUT2D eigenvalue weighted by Crippen LogP contribution is 2.18. The van der Waals surface area contributed by atoms with Gasteiger partial charge in [0.1, 0.15) is 5.69 Å². The molecule has 0 fully saturated rings. The van der Waals surface area contributed by atoms with Crippen LogP contribution in [0.2, 0.25) is 0 Å². The number of aromatic nitrogens is 3. The first-order valence-electron chi connectivity index (χ1n) is 10.3. The van der Waals surface area contributed by atoms with Crippen LogP contribution in [0.15, 0.2) is 84.6 Å². The zero-order valence-electron chi connectivity index (χ0n) is 17.1. The van der Waals surface area contributed by atoms with Gasteiger partial charge in [0.05, 0.1) is 5.69 Å². The maximum atomic E-state index is 12.7. The molecule has 3 aromatic heterocycles. The van der Waals surface area contributed by atoms with Crippen LogP contribution < -0.4 is 5.32 Å². The van der Waals surface area contributed by atoms with Crippen molar-refractivity contribution >= 4 is 28.5 Å². The molecule has 1 amide bonds. The average molecular weight is 429 g/mol. The molecule has 0 radical (unpaired) electrons. The van der Waals surface area contributed by atoms with Gasteiger partial charge in [0.15, 0.2) is 5.13 Å². The first kappa shape index (κ1) is 20.8. The Hall–Kier alpha value is -3.51. The molecule has 5 nitrogen and oxygen atoms in total. The molecule has 0 atom stereocenters. The second-order valence-corrected chi connectivity index (χ2v) is 8.03. The van der Waals surface area contributed by atoms with Gasteiger partial charge in [-0.25, -0.2) is 4.98 Å². The van der Waals surface area contributed by atoms with Gasteiger partial charge in [0, 0.05) is 30.5 Å². The number of benzene rings is 1. The molecule has 6 heteroatoms. The number of carbonyl (C=O) groups excluding carboxylic acids is 1. The third-order valence-electron chi connectivity index (χ3n) is 4.90. The third kappa shape index (κ3) is 5.99. The highest BCUT2D eigenvalue weighted by molar-refractivity contribution is 7.14. The fourth-order valence-corrected chi connectivity index (χ4v) is 4.00. The molecule has 0 unspecified atom stereocenters. The van der Waals surface area contributed by atoms with Crippen molar-refractivity contribution in [2.75, 3.05) is 5.32 Å². The van der Waals surface area contributed by atoms with Crippen LogP contribution in [-0.2, 0) is 19.4 Å². The minimum Gasteiger partial charge on any atom is -0.344 e. The molecule has 3 heterocycles. The summed E-state index contributed by atoms with van der Waals surface area (Å²) in [6.45, 7) is 0.781. The number of nitrogens with zero attached hydrogens (tertiary/aromatic N) is 3. The van der Waals surface area contributed by atoms with Crippen LogP contribution in [0.4, 0.5) is 5.13 Å². The first-order valence-corrected chi connectivity index (χ1v) is 11.2. The van der Waals surface area contributed by atoms with Crippen LogP contribution in [0.1, 0.15) is 33.7 Å². The Morgan fingerprint density at radius 1 is 1.03 bits per heavy atom. The normalized spacial score (nSPS) is 11.1. The summed E-state index contributed by atoms with van der Waals surface area (Å²) < 4.78 is 1.99. The molecule has 4 rings (SSSR count). The predicted molar refractivity (Wildman–Crippen MR) is 126 cm³/mol. The first-order chi connectivity index (χ1) is 15.3. The lowest BCUT2D eigenvalue weighted by Gasteiger charge is -2.09. The van der Waals surface area contributed by atoms with Crippen LogP contribution >= 0.6 is 11.3 Å². The lowest BCUT2D eigenvalue weighted by atomic mass is 10.1. The maximum absolute atomic E-state index is 12.7. The molecule has 1 aromatic carbocycles. The number of nitrogens with one attached hydrogen (secondary N) is 1. The van der Waals surface area contributed by atoms with Crippen molar-refractivity contribution in [3.63, 3.8) is 0 Å². The van der Waals surface area contributed by atoms with Gasteiger partial charge in [0.2, 0.25) is 0 Å². The second kappa shape index (κ2) is 10.5. The van der Waals surface area contributed by atoms with E-state index < -0.39 is 0 Å². The molecular weight excluding hydrogens is 404 g/mol. The average Bonchev–Trinajstić information content (AvgIpc) is 3.45. The minimum atomic E-state index is -0.136. The molecular formula is C25H24N4OS. The summed E-state index contributed by atoms with van der Waals surface area (Å²) >= 11 is 1.43. The number of amides is 1. The van der Waals surface area contributed by atoms with Gasteiger partial charge in [-0.05, 0) is 60.7 Å². The Labute approximate surface area is 186 Å². The number of anilines is 1. The summed E-state index contributed by atoms with van der Waals surface area (Å²) in [5.74, 6) is -0.136. The van der Waals surface area contributed by atoms with Crippen LogP contribution in [0.5, 0.6) is 0 Å². The number of pyridine rings is 1. The summed E-state index contributed by atoms with van der Waals surface area (Å²) in [6, 6.07) is 18.1. The molecule has 31 heavy (non-hydrogen) atoms. The summed E-state index contributed by atoms with van der Waals surface area (Å²) in [5, 5.41) is 5.48. The minimum absolute atomic E-state index is 0.136. The molecule has 0 saturated carbocycles. The fraction of sp³-hybridized carbons (Fsp3) is 0.160. The number of hydrogen-bond donors (Lipinski definition) is 1. The molecule has 1 N–H and O–H groups in total. The summed E-state index contributed by atoms with van der Waals surface area (Å²) in [4.78, 5) is 21.3. The van der Waals surface area contributed by atoms with Crippen molar-refractivity contribution in [3.8, 4) is 0 Å². The van der Waals surface area contributed by atoms with Crippen molar-refractivity contribution in [1.29, 1.82) is 0 Å². The molecule has 4 aromatic rings. The van der Waals surface area contributed by atoms with E-state index in [0.29, 0.717) is 10.8 Å². The van der Waals surface area contributed by atoms with Gasteiger partial charge in [0.25, 0.3) is 5.91 Å². The van der Waals surface area contributed by atoms with Gasteiger partial charge in [-0.1, -0.05) is 36.4 Å². The predicted octanol–water partition coefficient (Wildman–Crippen LogP) is 5.48. The summed E-state index contributed by atoms with van der Waals surface area (Å²) in [5.41, 5.74) is 4.01. The SMILES string of the molecule is O=C(Nc1nc(C=CCc2ccccc2)cs1)c1cccn1CCCc1ccncc1. The van der Waals surface area contributed by atoms with E-state index in [2.05, 4.69) is 33.5 Å². The van der Waals surface area contributed by atoms with Crippen molar-refractivity contribution < 1.29 is 4.79 Å². The van der Waals surface area contributed by atoms with Crippen LogP contribution in [0, 0.1) is 0 Å². The monoisotopic (exact) mass is 428 g/mol. The molecule has 0 aliphatic rings. The van der Waals surface area contributed by atoms with Crippen molar-refractivity contribution in [3.05, 3.63) is 107 Å². The number of carbonyl (C=O) groups is 1. The third-order valence-corrected chi connectivity index (χ3v) is 5.68. The fourth-order valence-electron chi connectivity index (χ4n) is 3.33. The van der Waals surface area contributed by atoms with E-state index in [1.807, 2.05) is 77.1 Å². The Balaban J connectivity index is 1.30. The molecule has 0 aliphatic heterocycles. The van der Waals surface area contributed by atoms with Crippen molar-refractivity contribution in [2.24, 2.45) is 0 Å². The number of thiazole rings is 1. The van der Waals surface area contributed by atoms with Gasteiger partial charge < -0.3 is 4.57 Å². The van der Waals surface area contributed by atoms with E-state index in [9.17, 15) is 4.79 Å². The molecule has 0 aliphatic carbocycles. The largest absolute Gasteiger partial charge is 0.344 e. The van der Waals surface area contributed by atoms with E-state index in [-0.39, 0.29) is 5.91 Å². The van der Waals surface area contributed by atoms with E-state index >= 15 is 0 Å². The Kier molecular flexibility index (Phi) is 7.03. The number of allylic oxidation sites excluding steroid dienone is 1. The lowest BCUT2D eigenvalue weighted by molar-refractivity contribution is 0.101. The molecule has 0 saturated heterocycles. The highest BCUT2D eigenvalue weighted by atomic mass is 32.1. The standard InChI is InChI=1S/C25H24N4OS/c30-24(23-12-6-18-29(23)17-5-10-21-13-15-26-16-14-21)28-25-27-22(19-31-25)11-4-9-20-7-2-1-3-8-20/h1-4,6-8,11-16,18-19H,5,9-10,17H2,(H,27,28,30). The van der Waals surface area contributed by atoms with Gasteiger partial charge >= 0.3 is 0 Å². The van der Waals surface area contributed by atoms with Crippen molar-refractivity contribution in [2.45, 2.75) is 25.8 Å². The van der Waals surface area contributed by atoms with E-state index in [1.54, 1.807) is 0 Å². The molecule has 0 bridgehead atoms. The quantitative estimate of drug-likeness (QED) is 0.384. The molecule has 0 spiro atoms. The van der Waals surface area contributed by atoms with Crippen LogP contribution in [0.3, 0.4) is 0 Å². The lowest BCUT2D eigenvalue weighted by Crippen LogP contribution is -2.17. The number of aryl methyl sites for hydroxylation is 2. The Bertz CT molecular complexity index is 1130. The summed E-state index contributed by atoms with van der Waals surface area (Å²) in [7, 11) is 0. The topological polar surface area (TPSA) is 59.8 Å². The molecule has 156 valence electrons. The van der Waals surface area contributed by atoms with Gasteiger partial charge in [-0.15, -0.1) is 11.3 Å². The summed E-state index contributed by atoms with van der Waals surface area (Å²) in [6.07, 6.45) is 12.4. The Morgan fingerprint density at radius 3 is 2.71 bits per heavy atom. The second-order valence-electron chi connectivity index (χ2n) is 7.17. The maximum Gasteiger partial charge on any atom is 0.274 e. The van der Waals surface area contributed by atoms with Crippen molar-refractivity contribution in [1.82, 2.24) is 14.5 Å². The van der Waals surface area contributed by atoms with E-state index in [1.165, 1.54) is 22.5 Å². The smallest absolute Gasteiger partial charge is 0.274 e. The highest BCUT2D eigenvalue weighted by Gasteiger charge is 2.12. The van der Waals surface area contributed by atoms with Crippen LogP contribution in [-0.4, -0.2) is 20.4 Å². The van der Waals surface area contributed by atoms with Gasteiger partial charge in [-0.3, -0.25) is 15.1 Å². The van der Waals surface area contributed by atoms with E-state index in [4.69, 9.17) is 0 Å². The van der Waals surface area contributed by atoms with E-state index in [0.717, 1.165) is 31.5 Å². The zero-order chi connectivity index (χ0) is 21.3. The van der Waals surface area contributed by atoms with Gasteiger partial charge in [-0.2, -0.15) is 0 Å². The van der Waals surface area contributed by atoms with Crippen LogP contribution in [0.25, 0.3) is 6.08 Å². The Morgan fingerprint density at radius 2 is 1.87 bits per heavy atom.